The van der Waals surface area contributed by atoms with Gasteiger partial charge in [0.25, 0.3) is 5.91 Å². The smallest absolute Gasteiger partial charge is 0.261 e. The van der Waals surface area contributed by atoms with Crippen LogP contribution in [0.15, 0.2) is 24.3 Å². The second kappa shape index (κ2) is 7.29. The molecule has 1 atom stereocenters. The molecule has 0 saturated carbocycles. The summed E-state index contributed by atoms with van der Waals surface area (Å²) in [6.45, 7) is 11.3. The van der Waals surface area contributed by atoms with Crippen LogP contribution in [-0.4, -0.2) is 24.1 Å². The van der Waals surface area contributed by atoms with Gasteiger partial charge in [-0.1, -0.05) is 25.1 Å². The van der Waals surface area contributed by atoms with Gasteiger partial charge in [0.15, 0.2) is 6.10 Å². The molecule has 0 fully saturated rings. The minimum Gasteiger partial charge on any atom is -0.481 e. The van der Waals surface area contributed by atoms with E-state index < -0.39 is 6.10 Å². The standard InChI is InChI=1S/C16H26N2O2/c1-6-17-11-13-9-7-8-10-14(13)20-12(2)15(19)18-16(3,4)5/h7-10,12,17H,6,11H2,1-5H3,(H,18,19). The Morgan fingerprint density at radius 1 is 1.30 bits per heavy atom. The number of carbonyl (C=O) groups is 1. The van der Waals surface area contributed by atoms with Gasteiger partial charge in [-0.15, -0.1) is 0 Å². The lowest BCUT2D eigenvalue weighted by molar-refractivity contribution is -0.128. The van der Waals surface area contributed by atoms with Gasteiger partial charge in [-0.05, 0) is 40.3 Å². The van der Waals surface area contributed by atoms with Crippen LogP contribution in [0, 0.1) is 0 Å². The predicted molar refractivity (Wildman–Crippen MR) is 81.8 cm³/mol. The molecule has 0 aromatic heterocycles. The Kier molecular flexibility index (Phi) is 6.02. The summed E-state index contributed by atoms with van der Waals surface area (Å²) >= 11 is 0. The van der Waals surface area contributed by atoms with Crippen molar-refractivity contribution in [2.24, 2.45) is 0 Å². The summed E-state index contributed by atoms with van der Waals surface area (Å²) in [5.41, 5.74) is 0.808. The fraction of sp³-hybridized carbons (Fsp3) is 0.562. The molecule has 2 N–H and O–H groups in total. The molecule has 4 heteroatoms. The number of hydrogen-bond donors (Lipinski definition) is 2. The minimum absolute atomic E-state index is 0.101. The van der Waals surface area contributed by atoms with Gasteiger partial charge in [-0.25, -0.2) is 0 Å². The fourth-order valence-corrected chi connectivity index (χ4v) is 1.74. The fourth-order valence-electron chi connectivity index (χ4n) is 1.74. The van der Waals surface area contributed by atoms with Crippen molar-refractivity contribution in [1.29, 1.82) is 0 Å². The van der Waals surface area contributed by atoms with Crippen molar-refractivity contribution in [3.63, 3.8) is 0 Å². The highest BCUT2D eigenvalue weighted by molar-refractivity contribution is 5.81. The summed E-state index contributed by atoms with van der Waals surface area (Å²) in [5, 5.41) is 6.19. The first-order chi connectivity index (χ1) is 9.33. The van der Waals surface area contributed by atoms with Crippen molar-refractivity contribution in [2.45, 2.75) is 52.8 Å². The number of ether oxygens (including phenoxy) is 1. The molecule has 0 bridgehead atoms. The van der Waals surface area contributed by atoms with Gasteiger partial charge in [0.2, 0.25) is 0 Å². The maximum atomic E-state index is 12.0. The van der Waals surface area contributed by atoms with Crippen molar-refractivity contribution in [3.8, 4) is 5.75 Å². The van der Waals surface area contributed by atoms with E-state index in [1.54, 1.807) is 6.92 Å². The van der Waals surface area contributed by atoms with E-state index in [-0.39, 0.29) is 11.4 Å². The molecular formula is C16H26N2O2. The van der Waals surface area contributed by atoms with Gasteiger partial charge in [0, 0.05) is 17.6 Å². The van der Waals surface area contributed by atoms with Crippen molar-refractivity contribution in [3.05, 3.63) is 29.8 Å². The van der Waals surface area contributed by atoms with Crippen molar-refractivity contribution < 1.29 is 9.53 Å². The van der Waals surface area contributed by atoms with Crippen LogP contribution in [0.3, 0.4) is 0 Å². The second-order valence-electron chi connectivity index (χ2n) is 5.89. The van der Waals surface area contributed by atoms with Crippen LogP contribution in [0.25, 0.3) is 0 Å². The number of carbonyl (C=O) groups excluding carboxylic acids is 1. The van der Waals surface area contributed by atoms with E-state index in [2.05, 4.69) is 17.6 Å². The summed E-state index contributed by atoms with van der Waals surface area (Å²) in [6.07, 6.45) is -0.517. The Labute approximate surface area is 121 Å². The second-order valence-corrected chi connectivity index (χ2v) is 5.89. The zero-order valence-corrected chi connectivity index (χ0v) is 13.1. The SMILES string of the molecule is CCNCc1ccccc1OC(C)C(=O)NC(C)(C)C. The Morgan fingerprint density at radius 2 is 1.95 bits per heavy atom. The number of hydrogen-bond acceptors (Lipinski definition) is 3. The van der Waals surface area contributed by atoms with E-state index in [0.29, 0.717) is 0 Å². The first-order valence-corrected chi connectivity index (χ1v) is 7.11. The molecule has 0 heterocycles. The maximum Gasteiger partial charge on any atom is 0.261 e. The van der Waals surface area contributed by atoms with E-state index in [0.717, 1.165) is 24.4 Å². The number of nitrogens with one attached hydrogen (secondary N) is 2. The van der Waals surface area contributed by atoms with Gasteiger partial charge >= 0.3 is 0 Å². The lowest BCUT2D eigenvalue weighted by Crippen LogP contribution is -2.46. The Balaban J connectivity index is 2.70. The van der Waals surface area contributed by atoms with E-state index in [4.69, 9.17) is 4.74 Å². The number of para-hydroxylation sites is 1. The zero-order valence-electron chi connectivity index (χ0n) is 13.1. The van der Waals surface area contributed by atoms with Crippen LogP contribution >= 0.6 is 0 Å². The molecule has 0 aliphatic heterocycles. The predicted octanol–water partition coefficient (Wildman–Crippen LogP) is 2.48. The molecule has 0 radical (unpaired) electrons. The molecule has 0 spiro atoms. The highest BCUT2D eigenvalue weighted by Gasteiger charge is 2.21. The summed E-state index contributed by atoms with van der Waals surface area (Å²) in [7, 11) is 0. The normalized spacial score (nSPS) is 12.8. The van der Waals surface area contributed by atoms with Crippen LogP contribution in [0.5, 0.6) is 5.75 Å². The summed E-state index contributed by atoms with van der Waals surface area (Å²) < 4.78 is 5.80. The van der Waals surface area contributed by atoms with Crippen LogP contribution in [0.1, 0.15) is 40.2 Å². The van der Waals surface area contributed by atoms with Crippen LogP contribution in [0.2, 0.25) is 0 Å². The lowest BCUT2D eigenvalue weighted by atomic mass is 10.1. The molecule has 1 aromatic rings. The number of rotatable bonds is 6. The Morgan fingerprint density at radius 3 is 2.55 bits per heavy atom. The average molecular weight is 278 g/mol. The molecule has 4 nitrogen and oxygen atoms in total. The molecule has 112 valence electrons. The number of amides is 1. The van der Waals surface area contributed by atoms with Crippen molar-refractivity contribution >= 4 is 5.91 Å². The summed E-state index contributed by atoms with van der Waals surface area (Å²) in [6, 6.07) is 7.79. The molecule has 0 aliphatic carbocycles. The number of benzene rings is 1. The highest BCUT2D eigenvalue weighted by atomic mass is 16.5. The van der Waals surface area contributed by atoms with Gasteiger partial charge < -0.3 is 15.4 Å². The van der Waals surface area contributed by atoms with Gasteiger partial charge in [0.1, 0.15) is 5.75 Å². The molecular weight excluding hydrogens is 252 g/mol. The molecule has 20 heavy (non-hydrogen) atoms. The first kappa shape index (κ1) is 16.5. The first-order valence-electron chi connectivity index (χ1n) is 7.11. The molecule has 1 unspecified atom stereocenters. The Hall–Kier alpha value is -1.55. The molecule has 0 aliphatic rings. The molecule has 0 saturated heterocycles. The third-order valence-corrected chi connectivity index (χ3v) is 2.71. The maximum absolute atomic E-state index is 12.0. The van der Waals surface area contributed by atoms with Gasteiger partial charge in [0.05, 0.1) is 0 Å². The minimum atomic E-state index is -0.517. The molecule has 1 aromatic carbocycles. The van der Waals surface area contributed by atoms with Crippen LogP contribution in [-0.2, 0) is 11.3 Å². The van der Waals surface area contributed by atoms with Gasteiger partial charge in [-0.2, -0.15) is 0 Å². The Bertz CT molecular complexity index is 438. The monoisotopic (exact) mass is 278 g/mol. The van der Waals surface area contributed by atoms with E-state index in [9.17, 15) is 4.79 Å². The van der Waals surface area contributed by atoms with Crippen LogP contribution in [0.4, 0.5) is 0 Å². The third kappa shape index (κ3) is 5.61. The van der Waals surface area contributed by atoms with E-state index in [1.807, 2.05) is 45.0 Å². The third-order valence-electron chi connectivity index (χ3n) is 2.71. The summed E-state index contributed by atoms with van der Waals surface area (Å²) in [5.74, 6) is 0.653. The largest absolute Gasteiger partial charge is 0.481 e. The van der Waals surface area contributed by atoms with Crippen LogP contribution < -0.4 is 15.4 Å². The van der Waals surface area contributed by atoms with E-state index >= 15 is 0 Å². The van der Waals surface area contributed by atoms with Crippen molar-refractivity contribution in [2.75, 3.05) is 6.54 Å². The molecule has 1 amide bonds. The average Bonchev–Trinajstić information content (AvgIpc) is 2.35. The topological polar surface area (TPSA) is 50.4 Å². The summed E-state index contributed by atoms with van der Waals surface area (Å²) in [4.78, 5) is 12.0. The zero-order chi connectivity index (χ0) is 15.2. The van der Waals surface area contributed by atoms with E-state index in [1.165, 1.54) is 0 Å². The van der Waals surface area contributed by atoms with Gasteiger partial charge in [-0.3, -0.25) is 4.79 Å². The highest BCUT2D eigenvalue weighted by Crippen LogP contribution is 2.19. The lowest BCUT2D eigenvalue weighted by Gasteiger charge is -2.24. The molecule has 1 rings (SSSR count). The quantitative estimate of drug-likeness (QED) is 0.840. The van der Waals surface area contributed by atoms with Crippen molar-refractivity contribution in [1.82, 2.24) is 10.6 Å².